The summed E-state index contributed by atoms with van der Waals surface area (Å²) in [6.07, 6.45) is 1.17. The number of carboxylic acid groups (broad SMARTS) is 1. The highest BCUT2D eigenvalue weighted by Gasteiger charge is 2.20. The van der Waals surface area contributed by atoms with Crippen molar-refractivity contribution < 1.29 is 18.3 Å². The van der Waals surface area contributed by atoms with Crippen LogP contribution in [0.2, 0.25) is 0 Å². The largest absolute Gasteiger partial charge is 0.476 e. The van der Waals surface area contributed by atoms with Gasteiger partial charge in [-0.1, -0.05) is 6.92 Å². The van der Waals surface area contributed by atoms with Crippen LogP contribution in [0.25, 0.3) is 0 Å². The summed E-state index contributed by atoms with van der Waals surface area (Å²) in [6.45, 7) is 1.48. The first-order valence-corrected chi connectivity index (χ1v) is 5.53. The van der Waals surface area contributed by atoms with Crippen molar-refractivity contribution in [2.45, 2.75) is 12.1 Å². The number of aromatic carboxylic acids is 1. The van der Waals surface area contributed by atoms with E-state index >= 15 is 0 Å². The topological polar surface area (TPSA) is 89.3 Å². The number of carbonyl (C=O) groups is 1. The molecule has 0 saturated carbocycles. The molecule has 0 radical (unpaired) electrons. The molecule has 0 fully saturated rings. The quantitative estimate of drug-likeness (QED) is 0.765. The molecule has 1 aromatic heterocycles. The summed E-state index contributed by atoms with van der Waals surface area (Å²) < 4.78 is 24.0. The maximum atomic E-state index is 11.4. The number of carboxylic acids is 1. The Balaban J connectivity index is 3.31. The van der Waals surface area contributed by atoms with Crippen molar-refractivity contribution in [1.82, 2.24) is 9.55 Å². The molecule has 1 heterocycles. The fourth-order valence-corrected chi connectivity index (χ4v) is 1.96. The van der Waals surface area contributed by atoms with Crippen molar-refractivity contribution in [2.24, 2.45) is 7.05 Å². The van der Waals surface area contributed by atoms with Crippen LogP contribution in [0, 0.1) is 0 Å². The molecule has 1 rings (SSSR count). The molecule has 0 unspecified atom stereocenters. The summed E-state index contributed by atoms with van der Waals surface area (Å²) in [6, 6.07) is 0. The number of hydrogen-bond donors (Lipinski definition) is 1. The smallest absolute Gasteiger partial charge is 0.356 e. The minimum Gasteiger partial charge on any atom is -0.476 e. The van der Waals surface area contributed by atoms with E-state index in [0.29, 0.717) is 0 Å². The Morgan fingerprint density at radius 2 is 2.21 bits per heavy atom. The van der Waals surface area contributed by atoms with E-state index in [0.717, 1.165) is 0 Å². The second-order valence-electron chi connectivity index (χ2n) is 2.73. The van der Waals surface area contributed by atoms with Gasteiger partial charge in [0.05, 0.1) is 5.75 Å². The second kappa shape index (κ2) is 3.41. The van der Waals surface area contributed by atoms with Crippen molar-refractivity contribution in [3.63, 3.8) is 0 Å². The van der Waals surface area contributed by atoms with E-state index in [9.17, 15) is 13.2 Å². The minimum absolute atomic E-state index is 0.100. The molecule has 78 valence electrons. The lowest BCUT2D eigenvalue weighted by atomic mass is 10.5. The monoisotopic (exact) mass is 218 g/mol. The Kier molecular flexibility index (Phi) is 2.61. The van der Waals surface area contributed by atoms with Gasteiger partial charge in [-0.2, -0.15) is 0 Å². The number of nitrogens with zero attached hydrogens (tertiary/aromatic N) is 2. The van der Waals surface area contributed by atoms with Crippen molar-refractivity contribution in [3.05, 3.63) is 11.9 Å². The fraction of sp³-hybridized carbons (Fsp3) is 0.429. The van der Waals surface area contributed by atoms with E-state index in [1.54, 1.807) is 0 Å². The Bertz CT molecular complexity index is 460. The third-order valence-corrected chi connectivity index (χ3v) is 3.41. The fourth-order valence-electron chi connectivity index (χ4n) is 0.970. The molecule has 0 aromatic carbocycles. The van der Waals surface area contributed by atoms with Crippen LogP contribution in [-0.4, -0.2) is 34.8 Å². The Labute approximate surface area is 81.1 Å². The highest BCUT2D eigenvalue weighted by Crippen LogP contribution is 2.09. The molecule has 0 saturated heterocycles. The van der Waals surface area contributed by atoms with Gasteiger partial charge in [-0.25, -0.2) is 18.2 Å². The van der Waals surface area contributed by atoms with Crippen LogP contribution in [-0.2, 0) is 16.9 Å². The van der Waals surface area contributed by atoms with E-state index in [4.69, 9.17) is 5.11 Å². The molecule has 6 nitrogen and oxygen atoms in total. The molecule has 7 heteroatoms. The van der Waals surface area contributed by atoms with Crippen molar-refractivity contribution in [2.75, 3.05) is 5.75 Å². The summed E-state index contributed by atoms with van der Waals surface area (Å²) in [5.74, 6) is -1.34. The lowest BCUT2D eigenvalue weighted by Crippen LogP contribution is -2.10. The molecule has 0 spiro atoms. The Morgan fingerprint density at radius 3 is 2.57 bits per heavy atom. The molecule has 0 aliphatic rings. The second-order valence-corrected chi connectivity index (χ2v) is 4.90. The zero-order valence-electron chi connectivity index (χ0n) is 7.76. The van der Waals surface area contributed by atoms with Crippen LogP contribution in [0.15, 0.2) is 11.4 Å². The van der Waals surface area contributed by atoms with Gasteiger partial charge in [0, 0.05) is 13.2 Å². The molecular weight excluding hydrogens is 208 g/mol. The van der Waals surface area contributed by atoms with E-state index < -0.39 is 15.8 Å². The standard InChI is InChI=1S/C7H10N2O4S/c1-3-14(12,13)7-8-5(6(10)11)4-9(7)2/h4H,3H2,1-2H3,(H,10,11). The van der Waals surface area contributed by atoms with Gasteiger partial charge >= 0.3 is 5.97 Å². The number of aryl methyl sites for hydroxylation is 1. The summed E-state index contributed by atoms with van der Waals surface area (Å²) in [4.78, 5) is 14.0. The molecule has 0 bridgehead atoms. The van der Waals surface area contributed by atoms with E-state index in [1.165, 1.54) is 24.7 Å². The number of hydrogen-bond acceptors (Lipinski definition) is 4. The number of aromatic nitrogens is 2. The predicted octanol–water partition coefficient (Wildman–Crippen LogP) is -0.0881. The van der Waals surface area contributed by atoms with Crippen molar-refractivity contribution >= 4 is 15.8 Å². The number of rotatable bonds is 3. The van der Waals surface area contributed by atoms with E-state index in [-0.39, 0.29) is 16.6 Å². The first-order valence-electron chi connectivity index (χ1n) is 3.88. The van der Waals surface area contributed by atoms with Gasteiger partial charge in [0.2, 0.25) is 15.0 Å². The average Bonchev–Trinajstić information content (AvgIpc) is 2.48. The van der Waals surface area contributed by atoms with Gasteiger partial charge in [0.15, 0.2) is 5.69 Å². The van der Waals surface area contributed by atoms with Gasteiger partial charge in [-0.3, -0.25) is 0 Å². The molecule has 0 atom stereocenters. The Hall–Kier alpha value is -1.37. The first kappa shape index (κ1) is 10.7. The summed E-state index contributed by atoms with van der Waals surface area (Å²) in [7, 11) is -2.01. The summed E-state index contributed by atoms with van der Waals surface area (Å²) >= 11 is 0. The van der Waals surface area contributed by atoms with Gasteiger partial charge in [-0.15, -0.1) is 0 Å². The number of sulfone groups is 1. The maximum Gasteiger partial charge on any atom is 0.356 e. The first-order chi connectivity index (χ1) is 6.38. The lowest BCUT2D eigenvalue weighted by molar-refractivity contribution is 0.0690. The predicted molar refractivity (Wildman–Crippen MR) is 47.9 cm³/mol. The molecule has 1 aromatic rings. The van der Waals surface area contributed by atoms with Gasteiger partial charge in [-0.05, 0) is 0 Å². The molecule has 1 N–H and O–H groups in total. The average molecular weight is 218 g/mol. The van der Waals surface area contributed by atoms with Crippen LogP contribution in [0.5, 0.6) is 0 Å². The zero-order chi connectivity index (χ0) is 10.9. The minimum atomic E-state index is -3.45. The Morgan fingerprint density at radius 1 is 1.64 bits per heavy atom. The SMILES string of the molecule is CCS(=O)(=O)c1nc(C(=O)O)cn1C. The summed E-state index contributed by atoms with van der Waals surface area (Å²) in [5, 5.41) is 8.38. The van der Waals surface area contributed by atoms with Crippen LogP contribution in [0.4, 0.5) is 0 Å². The lowest BCUT2D eigenvalue weighted by Gasteiger charge is -1.98. The molecule has 14 heavy (non-hydrogen) atoms. The van der Waals surface area contributed by atoms with Crippen molar-refractivity contribution in [1.29, 1.82) is 0 Å². The summed E-state index contributed by atoms with van der Waals surface area (Å²) in [5.41, 5.74) is -0.264. The maximum absolute atomic E-state index is 11.4. The van der Waals surface area contributed by atoms with Crippen molar-refractivity contribution in [3.8, 4) is 0 Å². The molecule has 0 amide bonds. The highest BCUT2D eigenvalue weighted by molar-refractivity contribution is 7.91. The normalized spacial score (nSPS) is 11.6. The third kappa shape index (κ3) is 1.77. The molecule has 0 aliphatic carbocycles. The van der Waals surface area contributed by atoms with Crippen LogP contribution in [0.3, 0.4) is 0 Å². The van der Waals surface area contributed by atoms with Crippen LogP contribution < -0.4 is 0 Å². The van der Waals surface area contributed by atoms with E-state index in [2.05, 4.69) is 4.98 Å². The van der Waals surface area contributed by atoms with Gasteiger partial charge in [0.1, 0.15) is 0 Å². The van der Waals surface area contributed by atoms with E-state index in [1.807, 2.05) is 0 Å². The van der Waals surface area contributed by atoms with Crippen LogP contribution in [0.1, 0.15) is 17.4 Å². The number of imidazole rings is 1. The third-order valence-electron chi connectivity index (χ3n) is 1.71. The van der Waals surface area contributed by atoms with Crippen LogP contribution >= 0.6 is 0 Å². The highest BCUT2D eigenvalue weighted by atomic mass is 32.2. The van der Waals surface area contributed by atoms with Gasteiger partial charge in [0.25, 0.3) is 0 Å². The van der Waals surface area contributed by atoms with Gasteiger partial charge < -0.3 is 9.67 Å². The zero-order valence-corrected chi connectivity index (χ0v) is 8.58. The molecular formula is C7H10N2O4S. The molecule has 0 aliphatic heterocycles.